The minimum absolute atomic E-state index is 0.0149. The lowest BCUT2D eigenvalue weighted by atomic mass is 9.94. The average Bonchev–Trinajstić information content (AvgIpc) is 3.01. The number of ketones is 1. The van der Waals surface area contributed by atoms with E-state index in [1.165, 1.54) is 17.0 Å². The summed E-state index contributed by atoms with van der Waals surface area (Å²) < 4.78 is 0. The van der Waals surface area contributed by atoms with Crippen LogP contribution >= 0.6 is 11.6 Å². The van der Waals surface area contributed by atoms with Crippen LogP contribution in [0.15, 0.2) is 72.3 Å². The van der Waals surface area contributed by atoms with Gasteiger partial charge in [0.2, 0.25) is 0 Å². The Hall–Kier alpha value is -3.57. The number of anilines is 1. The van der Waals surface area contributed by atoms with Crippen molar-refractivity contribution in [1.29, 1.82) is 0 Å². The molecule has 1 amide bonds. The first kappa shape index (κ1) is 20.7. The van der Waals surface area contributed by atoms with E-state index in [2.05, 4.69) is 0 Å². The molecular weight excluding hydrogens is 414 g/mol. The molecule has 1 saturated heterocycles. The molecule has 0 aliphatic carbocycles. The fraction of sp³-hybridized carbons (Fsp3) is 0.120. The second-order valence-corrected chi connectivity index (χ2v) is 7.98. The third-order valence-corrected chi connectivity index (χ3v) is 5.76. The molecule has 1 heterocycles. The maximum absolute atomic E-state index is 13.1. The van der Waals surface area contributed by atoms with Crippen LogP contribution in [0.25, 0.3) is 5.76 Å². The second kappa shape index (κ2) is 7.93. The molecule has 0 saturated carbocycles. The van der Waals surface area contributed by atoms with E-state index in [0.717, 1.165) is 11.1 Å². The Morgan fingerprint density at radius 2 is 1.65 bits per heavy atom. The molecule has 0 aromatic heterocycles. The quantitative estimate of drug-likeness (QED) is 0.334. The van der Waals surface area contributed by atoms with Gasteiger partial charge in [0.1, 0.15) is 11.5 Å². The number of carbonyl (C=O) groups is 2. The predicted molar refractivity (Wildman–Crippen MR) is 120 cm³/mol. The summed E-state index contributed by atoms with van der Waals surface area (Å²) in [5, 5.41) is 21.3. The number of nitrogens with zero attached hydrogens (tertiary/aromatic N) is 1. The van der Waals surface area contributed by atoms with Crippen molar-refractivity contribution >= 4 is 34.7 Å². The van der Waals surface area contributed by atoms with Gasteiger partial charge in [0.25, 0.3) is 11.7 Å². The standard InChI is InChI=1S/C25H20ClNO4/c1-14-6-7-17(12-15(14)2)23(29)21-22(16-8-10-20(28)11-9-16)27(25(31)24(21)30)19-5-3-4-18(26)13-19/h3-13,22,28-29H,1-2H3/b23-21+. The highest BCUT2D eigenvalue weighted by Gasteiger charge is 2.47. The molecule has 1 aliphatic heterocycles. The molecule has 1 atom stereocenters. The van der Waals surface area contributed by atoms with Crippen LogP contribution in [0.1, 0.15) is 28.3 Å². The highest BCUT2D eigenvalue weighted by atomic mass is 35.5. The van der Waals surface area contributed by atoms with Crippen LogP contribution in [0.2, 0.25) is 5.02 Å². The topological polar surface area (TPSA) is 77.8 Å². The van der Waals surface area contributed by atoms with Crippen molar-refractivity contribution in [1.82, 2.24) is 0 Å². The molecule has 1 fully saturated rings. The number of aromatic hydroxyl groups is 1. The minimum atomic E-state index is -0.874. The molecule has 0 spiro atoms. The van der Waals surface area contributed by atoms with Gasteiger partial charge in [-0.1, -0.05) is 41.9 Å². The molecule has 0 radical (unpaired) electrons. The van der Waals surface area contributed by atoms with Gasteiger partial charge in [-0.3, -0.25) is 14.5 Å². The van der Waals surface area contributed by atoms with E-state index in [9.17, 15) is 19.8 Å². The first-order chi connectivity index (χ1) is 14.8. The van der Waals surface area contributed by atoms with Crippen LogP contribution in [-0.2, 0) is 9.59 Å². The second-order valence-electron chi connectivity index (χ2n) is 7.54. The maximum atomic E-state index is 13.1. The van der Waals surface area contributed by atoms with E-state index in [0.29, 0.717) is 21.8 Å². The lowest BCUT2D eigenvalue weighted by Gasteiger charge is -2.25. The van der Waals surface area contributed by atoms with Crippen molar-refractivity contribution in [3.8, 4) is 5.75 Å². The Bertz CT molecular complexity index is 1230. The number of hydrogen-bond donors (Lipinski definition) is 2. The average molecular weight is 434 g/mol. The molecule has 0 bridgehead atoms. The zero-order chi connectivity index (χ0) is 22.3. The fourth-order valence-electron chi connectivity index (χ4n) is 3.74. The van der Waals surface area contributed by atoms with Gasteiger partial charge >= 0.3 is 0 Å². The van der Waals surface area contributed by atoms with Gasteiger partial charge in [-0.2, -0.15) is 0 Å². The third kappa shape index (κ3) is 3.68. The van der Waals surface area contributed by atoms with Crippen LogP contribution in [-0.4, -0.2) is 21.9 Å². The number of amides is 1. The van der Waals surface area contributed by atoms with Crippen LogP contribution in [0, 0.1) is 13.8 Å². The summed E-state index contributed by atoms with van der Waals surface area (Å²) in [6.45, 7) is 3.86. The highest BCUT2D eigenvalue weighted by molar-refractivity contribution is 6.51. The van der Waals surface area contributed by atoms with E-state index in [1.54, 1.807) is 48.5 Å². The molecule has 2 N–H and O–H groups in total. The Morgan fingerprint density at radius 3 is 2.29 bits per heavy atom. The first-order valence-corrected chi connectivity index (χ1v) is 10.1. The number of hydrogen-bond acceptors (Lipinski definition) is 4. The molecule has 156 valence electrons. The summed E-state index contributed by atoms with van der Waals surface area (Å²) in [5.74, 6) is -1.74. The van der Waals surface area contributed by atoms with E-state index in [-0.39, 0.29) is 17.1 Å². The van der Waals surface area contributed by atoms with E-state index < -0.39 is 17.7 Å². The number of phenols is 1. The number of aryl methyl sites for hydroxylation is 2. The zero-order valence-electron chi connectivity index (χ0n) is 17.0. The van der Waals surface area contributed by atoms with Crippen LogP contribution in [0.5, 0.6) is 5.75 Å². The number of phenolic OH excluding ortho intramolecular Hbond substituents is 1. The number of Topliss-reactive ketones (excluding diaryl/α,β-unsaturated/α-hetero) is 1. The number of rotatable bonds is 3. The van der Waals surface area contributed by atoms with Gasteiger partial charge in [-0.15, -0.1) is 0 Å². The fourth-order valence-corrected chi connectivity index (χ4v) is 3.93. The summed E-state index contributed by atoms with van der Waals surface area (Å²) in [7, 11) is 0. The minimum Gasteiger partial charge on any atom is -0.508 e. The lowest BCUT2D eigenvalue weighted by Crippen LogP contribution is -2.29. The molecule has 31 heavy (non-hydrogen) atoms. The van der Waals surface area contributed by atoms with Crippen molar-refractivity contribution in [3.05, 3.63) is 99.6 Å². The van der Waals surface area contributed by atoms with E-state index in [4.69, 9.17) is 11.6 Å². The molecule has 5 nitrogen and oxygen atoms in total. The molecule has 4 rings (SSSR count). The van der Waals surface area contributed by atoms with Crippen molar-refractivity contribution in [3.63, 3.8) is 0 Å². The molecule has 3 aromatic carbocycles. The van der Waals surface area contributed by atoms with Gasteiger partial charge in [0.05, 0.1) is 11.6 Å². The number of halogens is 1. The number of benzene rings is 3. The van der Waals surface area contributed by atoms with Crippen molar-refractivity contribution in [2.45, 2.75) is 19.9 Å². The SMILES string of the molecule is Cc1ccc(/C(O)=C2\C(=O)C(=O)N(c3cccc(Cl)c3)C2c2ccc(O)cc2)cc1C. The van der Waals surface area contributed by atoms with Gasteiger partial charge in [0, 0.05) is 16.3 Å². The summed E-state index contributed by atoms with van der Waals surface area (Å²) in [6.07, 6.45) is 0. The molecule has 3 aromatic rings. The lowest BCUT2D eigenvalue weighted by molar-refractivity contribution is -0.132. The highest BCUT2D eigenvalue weighted by Crippen LogP contribution is 2.43. The first-order valence-electron chi connectivity index (χ1n) is 9.71. The largest absolute Gasteiger partial charge is 0.508 e. The summed E-state index contributed by atoms with van der Waals surface area (Å²) in [6, 6.07) is 17.3. The summed E-state index contributed by atoms with van der Waals surface area (Å²) in [5.41, 5.74) is 3.45. The van der Waals surface area contributed by atoms with Crippen molar-refractivity contribution < 1.29 is 19.8 Å². The Balaban J connectivity index is 1.96. The summed E-state index contributed by atoms with van der Waals surface area (Å²) >= 11 is 6.13. The molecule has 6 heteroatoms. The van der Waals surface area contributed by atoms with E-state index in [1.807, 2.05) is 19.9 Å². The van der Waals surface area contributed by atoms with Gasteiger partial charge in [-0.05, 0) is 66.9 Å². The zero-order valence-corrected chi connectivity index (χ0v) is 17.7. The number of aliphatic hydroxyl groups is 1. The maximum Gasteiger partial charge on any atom is 0.300 e. The van der Waals surface area contributed by atoms with Crippen molar-refractivity contribution in [2.24, 2.45) is 0 Å². The van der Waals surface area contributed by atoms with E-state index >= 15 is 0 Å². The van der Waals surface area contributed by atoms with Gasteiger partial charge in [0.15, 0.2) is 0 Å². The monoisotopic (exact) mass is 433 g/mol. The molecule has 1 unspecified atom stereocenters. The van der Waals surface area contributed by atoms with Crippen LogP contribution in [0.3, 0.4) is 0 Å². The van der Waals surface area contributed by atoms with Crippen LogP contribution in [0.4, 0.5) is 5.69 Å². The number of aliphatic hydroxyl groups excluding tert-OH is 1. The smallest absolute Gasteiger partial charge is 0.300 e. The Kier molecular flexibility index (Phi) is 5.29. The molecule has 1 aliphatic rings. The number of carbonyl (C=O) groups excluding carboxylic acids is 2. The van der Waals surface area contributed by atoms with Gasteiger partial charge < -0.3 is 10.2 Å². The van der Waals surface area contributed by atoms with Crippen LogP contribution < -0.4 is 4.90 Å². The normalized spacial score (nSPS) is 17.9. The molecular formula is C25H20ClNO4. The predicted octanol–water partition coefficient (Wildman–Crippen LogP) is 5.29. The Morgan fingerprint density at radius 1 is 0.935 bits per heavy atom. The summed E-state index contributed by atoms with van der Waals surface area (Å²) in [4.78, 5) is 27.5. The third-order valence-electron chi connectivity index (χ3n) is 5.52. The van der Waals surface area contributed by atoms with Gasteiger partial charge in [-0.25, -0.2) is 0 Å². The Labute approximate surface area is 184 Å². The van der Waals surface area contributed by atoms with Crippen molar-refractivity contribution in [2.75, 3.05) is 4.90 Å².